The van der Waals surface area contributed by atoms with E-state index in [1.165, 1.54) is 6.42 Å². The van der Waals surface area contributed by atoms with Gasteiger partial charge < -0.3 is 9.64 Å². The first kappa shape index (κ1) is 16.7. The fraction of sp³-hybridized carbons (Fsp3) is 0.750. The van der Waals surface area contributed by atoms with E-state index < -0.39 is 0 Å². The summed E-state index contributed by atoms with van der Waals surface area (Å²) in [6.07, 6.45) is 7.28. The van der Waals surface area contributed by atoms with E-state index in [9.17, 15) is 4.79 Å². The summed E-state index contributed by atoms with van der Waals surface area (Å²) in [5.41, 5.74) is 0. The third-order valence-corrected chi connectivity index (χ3v) is 4.87. The Hall–Kier alpha value is -1.11. The van der Waals surface area contributed by atoms with Gasteiger partial charge >= 0.3 is 0 Å². The van der Waals surface area contributed by atoms with E-state index in [2.05, 4.69) is 14.9 Å². The molecule has 1 amide bonds. The van der Waals surface area contributed by atoms with Crippen LogP contribution in [0, 0.1) is 0 Å². The zero-order chi connectivity index (χ0) is 16.1. The average Bonchev–Trinajstić information content (AvgIpc) is 3.00. The van der Waals surface area contributed by atoms with Gasteiger partial charge in [0.2, 0.25) is 5.91 Å². The van der Waals surface area contributed by atoms with E-state index in [1.807, 2.05) is 0 Å². The topological polar surface area (TPSA) is 50.6 Å². The summed E-state index contributed by atoms with van der Waals surface area (Å²) in [4.78, 5) is 17.1. The molecule has 1 aromatic heterocycles. The number of morpholine rings is 1. The van der Waals surface area contributed by atoms with Crippen LogP contribution in [-0.4, -0.2) is 70.9 Å². The first-order valence-electron chi connectivity index (χ1n) is 8.50. The van der Waals surface area contributed by atoms with Crippen LogP contribution in [0.2, 0.25) is 5.02 Å². The molecule has 2 fully saturated rings. The van der Waals surface area contributed by atoms with E-state index in [0.29, 0.717) is 24.0 Å². The van der Waals surface area contributed by atoms with Crippen LogP contribution in [0.1, 0.15) is 25.7 Å². The van der Waals surface area contributed by atoms with Crippen LogP contribution in [0.3, 0.4) is 0 Å². The van der Waals surface area contributed by atoms with Crippen LogP contribution in [0.25, 0.3) is 0 Å². The molecule has 3 heterocycles. The predicted molar refractivity (Wildman–Crippen MR) is 88.5 cm³/mol. The third kappa shape index (κ3) is 4.68. The van der Waals surface area contributed by atoms with E-state index in [4.69, 9.17) is 16.3 Å². The Labute approximate surface area is 142 Å². The van der Waals surface area contributed by atoms with Gasteiger partial charge in [-0.1, -0.05) is 11.6 Å². The number of rotatable bonds is 5. The molecular weight excluding hydrogens is 316 g/mol. The molecule has 0 N–H and O–H groups in total. The van der Waals surface area contributed by atoms with Crippen molar-refractivity contribution < 1.29 is 9.53 Å². The summed E-state index contributed by atoms with van der Waals surface area (Å²) < 4.78 is 7.15. The Morgan fingerprint density at radius 1 is 1.30 bits per heavy atom. The van der Waals surface area contributed by atoms with Crippen LogP contribution >= 0.6 is 11.6 Å². The number of aromatic nitrogens is 2. The lowest BCUT2D eigenvalue weighted by Crippen LogP contribution is -2.51. The minimum atomic E-state index is 0.231. The Kier molecular flexibility index (Phi) is 5.91. The number of amides is 1. The normalized spacial score (nSPS) is 23.2. The molecule has 7 heteroatoms. The molecule has 0 aromatic carbocycles. The lowest BCUT2D eigenvalue weighted by atomic mass is 10.0. The van der Waals surface area contributed by atoms with Gasteiger partial charge in [0.05, 0.1) is 24.4 Å². The van der Waals surface area contributed by atoms with Crippen molar-refractivity contribution >= 4 is 17.5 Å². The number of likely N-dealkylation sites (tertiary alicyclic amines) is 1. The maximum atomic E-state index is 12.6. The first-order chi connectivity index (χ1) is 11.2. The zero-order valence-corrected chi connectivity index (χ0v) is 14.2. The number of halogens is 1. The molecule has 6 nitrogen and oxygen atoms in total. The Morgan fingerprint density at radius 2 is 2.13 bits per heavy atom. The highest BCUT2D eigenvalue weighted by Crippen LogP contribution is 2.20. The smallest absolute Gasteiger partial charge is 0.224 e. The van der Waals surface area contributed by atoms with Gasteiger partial charge in [-0.25, -0.2) is 0 Å². The number of aryl methyl sites for hydroxylation is 1. The van der Waals surface area contributed by atoms with Crippen molar-refractivity contribution in [2.24, 2.45) is 0 Å². The summed E-state index contributed by atoms with van der Waals surface area (Å²) in [5.74, 6) is 0.231. The van der Waals surface area contributed by atoms with Crippen LogP contribution in [0.4, 0.5) is 0 Å². The molecular formula is C16H25ClN4O2. The molecule has 1 aromatic rings. The largest absolute Gasteiger partial charge is 0.379 e. The lowest BCUT2D eigenvalue weighted by molar-refractivity contribution is -0.135. The average molecular weight is 341 g/mol. The van der Waals surface area contributed by atoms with Gasteiger partial charge in [-0.15, -0.1) is 0 Å². The van der Waals surface area contributed by atoms with Crippen molar-refractivity contribution in [2.75, 3.05) is 39.4 Å². The molecule has 0 aliphatic carbocycles. The number of hydrogen-bond acceptors (Lipinski definition) is 4. The third-order valence-electron chi connectivity index (χ3n) is 4.68. The SMILES string of the molecule is O=C(CCn1cc(Cl)cn1)N1CCCC[C@H]1CN1CCOCC1. The van der Waals surface area contributed by atoms with E-state index in [1.54, 1.807) is 17.1 Å². The molecule has 0 unspecified atom stereocenters. The van der Waals surface area contributed by atoms with Crippen molar-refractivity contribution in [2.45, 2.75) is 38.3 Å². The number of piperidine rings is 1. The maximum absolute atomic E-state index is 12.6. The standard InChI is InChI=1S/C16H25ClN4O2/c17-14-11-18-20(12-14)6-4-16(22)21-5-2-1-3-15(21)13-19-7-9-23-10-8-19/h11-12,15H,1-10,13H2/t15-/m0/s1. The number of ether oxygens (including phenoxy) is 1. The van der Waals surface area contributed by atoms with Crippen LogP contribution in [-0.2, 0) is 16.1 Å². The van der Waals surface area contributed by atoms with Crippen molar-refractivity contribution in [1.29, 1.82) is 0 Å². The minimum absolute atomic E-state index is 0.231. The van der Waals surface area contributed by atoms with E-state index >= 15 is 0 Å². The molecule has 23 heavy (non-hydrogen) atoms. The lowest BCUT2D eigenvalue weighted by Gasteiger charge is -2.39. The van der Waals surface area contributed by atoms with Gasteiger partial charge in [-0.05, 0) is 19.3 Å². The minimum Gasteiger partial charge on any atom is -0.379 e. The molecule has 0 bridgehead atoms. The molecule has 2 aliphatic heterocycles. The number of hydrogen-bond donors (Lipinski definition) is 0. The van der Waals surface area contributed by atoms with Crippen molar-refractivity contribution in [3.63, 3.8) is 0 Å². The predicted octanol–water partition coefficient (Wildman–Crippen LogP) is 1.64. The summed E-state index contributed by atoms with van der Waals surface area (Å²) in [6, 6.07) is 0.343. The van der Waals surface area contributed by atoms with Crippen LogP contribution in [0.15, 0.2) is 12.4 Å². The molecule has 1 atom stereocenters. The Morgan fingerprint density at radius 3 is 2.87 bits per heavy atom. The molecule has 3 rings (SSSR count). The van der Waals surface area contributed by atoms with Gasteiger partial charge in [-0.2, -0.15) is 5.10 Å². The van der Waals surface area contributed by atoms with Gasteiger partial charge in [-0.3, -0.25) is 14.4 Å². The van der Waals surface area contributed by atoms with Crippen LogP contribution < -0.4 is 0 Å². The summed E-state index contributed by atoms with van der Waals surface area (Å²) in [6.45, 7) is 6.01. The maximum Gasteiger partial charge on any atom is 0.224 e. The van der Waals surface area contributed by atoms with Crippen molar-refractivity contribution in [3.8, 4) is 0 Å². The molecule has 0 radical (unpaired) electrons. The van der Waals surface area contributed by atoms with E-state index in [-0.39, 0.29) is 5.91 Å². The fourth-order valence-corrected chi connectivity index (χ4v) is 3.57. The second-order valence-corrected chi connectivity index (χ2v) is 6.76. The molecule has 0 saturated carbocycles. The Bertz CT molecular complexity index is 516. The fourth-order valence-electron chi connectivity index (χ4n) is 3.41. The van der Waals surface area contributed by atoms with Crippen LogP contribution in [0.5, 0.6) is 0 Å². The summed E-state index contributed by atoms with van der Waals surface area (Å²) >= 11 is 5.86. The monoisotopic (exact) mass is 340 g/mol. The van der Waals surface area contributed by atoms with Crippen molar-refractivity contribution in [1.82, 2.24) is 19.6 Å². The molecule has 2 aliphatic rings. The second-order valence-electron chi connectivity index (χ2n) is 6.32. The number of carbonyl (C=O) groups excluding carboxylic acids is 1. The first-order valence-corrected chi connectivity index (χ1v) is 8.88. The van der Waals surface area contributed by atoms with E-state index in [0.717, 1.165) is 52.2 Å². The Balaban J connectivity index is 1.53. The van der Waals surface area contributed by atoms with Crippen molar-refractivity contribution in [3.05, 3.63) is 17.4 Å². The van der Waals surface area contributed by atoms with Gasteiger partial charge in [0.25, 0.3) is 0 Å². The van der Waals surface area contributed by atoms with Gasteiger partial charge in [0.15, 0.2) is 0 Å². The number of nitrogens with zero attached hydrogens (tertiary/aromatic N) is 4. The van der Waals surface area contributed by atoms with Gasteiger partial charge in [0.1, 0.15) is 0 Å². The summed E-state index contributed by atoms with van der Waals surface area (Å²) in [5, 5.41) is 4.75. The highest BCUT2D eigenvalue weighted by atomic mass is 35.5. The molecule has 0 spiro atoms. The quantitative estimate of drug-likeness (QED) is 0.817. The molecule has 2 saturated heterocycles. The highest BCUT2D eigenvalue weighted by molar-refractivity contribution is 6.30. The van der Waals surface area contributed by atoms with Gasteiger partial charge in [0, 0.05) is 51.4 Å². The second kappa shape index (κ2) is 8.13. The zero-order valence-electron chi connectivity index (χ0n) is 13.5. The highest BCUT2D eigenvalue weighted by Gasteiger charge is 2.28. The molecule has 128 valence electrons. The number of carbonyl (C=O) groups is 1. The summed E-state index contributed by atoms with van der Waals surface area (Å²) in [7, 11) is 0.